The smallest absolute Gasteiger partial charge is 0.220 e. The van der Waals surface area contributed by atoms with Gasteiger partial charge in [-0.05, 0) is 39.5 Å². The highest BCUT2D eigenvalue weighted by atomic mass is 16.5. The van der Waals surface area contributed by atoms with E-state index in [-0.39, 0.29) is 12.5 Å². The van der Waals surface area contributed by atoms with E-state index in [1.165, 1.54) is 0 Å². The highest BCUT2D eigenvalue weighted by molar-refractivity contribution is 5.77. The second kappa shape index (κ2) is 5.64. The number of aliphatic hydroxyl groups is 1. The molecule has 4 heteroatoms. The lowest BCUT2D eigenvalue weighted by atomic mass is 9.79. The second-order valence-electron chi connectivity index (χ2n) is 5.21. The zero-order valence-electron chi connectivity index (χ0n) is 10.5. The van der Waals surface area contributed by atoms with Crippen LogP contribution in [0.5, 0.6) is 0 Å². The van der Waals surface area contributed by atoms with Gasteiger partial charge in [-0.2, -0.15) is 0 Å². The molecule has 1 aliphatic rings. The van der Waals surface area contributed by atoms with E-state index in [0.29, 0.717) is 18.4 Å². The van der Waals surface area contributed by atoms with Crippen molar-refractivity contribution in [3.63, 3.8) is 0 Å². The van der Waals surface area contributed by atoms with Crippen molar-refractivity contribution in [3.8, 4) is 0 Å². The van der Waals surface area contributed by atoms with Gasteiger partial charge >= 0.3 is 0 Å². The van der Waals surface area contributed by atoms with Crippen LogP contribution in [0.2, 0.25) is 0 Å². The van der Waals surface area contributed by atoms with Gasteiger partial charge in [0.1, 0.15) is 0 Å². The maximum Gasteiger partial charge on any atom is 0.220 e. The average Bonchev–Trinajstić information content (AvgIpc) is 2.14. The summed E-state index contributed by atoms with van der Waals surface area (Å²) in [5, 5.41) is 11.8. The van der Waals surface area contributed by atoms with Crippen LogP contribution >= 0.6 is 0 Å². The summed E-state index contributed by atoms with van der Waals surface area (Å²) in [5.74, 6) is 0.477. The molecule has 0 atom stereocenters. The SMILES string of the molecule is CCOC1CC(CC(=O)NC(C)(C)CO)C1. The fraction of sp³-hybridized carbons (Fsp3) is 0.917. The number of hydrogen-bond donors (Lipinski definition) is 2. The van der Waals surface area contributed by atoms with Crippen LogP contribution in [0.1, 0.15) is 40.0 Å². The van der Waals surface area contributed by atoms with E-state index in [1.54, 1.807) is 0 Å². The van der Waals surface area contributed by atoms with Crippen molar-refractivity contribution in [1.82, 2.24) is 5.32 Å². The number of rotatable bonds is 6. The number of amides is 1. The van der Waals surface area contributed by atoms with Gasteiger partial charge in [0.2, 0.25) is 5.91 Å². The van der Waals surface area contributed by atoms with E-state index in [0.717, 1.165) is 19.4 Å². The first-order chi connectivity index (χ1) is 7.46. The third-order valence-corrected chi connectivity index (χ3v) is 2.94. The first-order valence-corrected chi connectivity index (χ1v) is 6.00. The molecule has 1 rings (SSSR count). The van der Waals surface area contributed by atoms with Crippen LogP contribution in [0.4, 0.5) is 0 Å². The molecule has 0 aromatic heterocycles. The molecule has 1 aliphatic carbocycles. The summed E-state index contributed by atoms with van der Waals surface area (Å²) in [5.41, 5.74) is -0.514. The van der Waals surface area contributed by atoms with Crippen molar-refractivity contribution in [1.29, 1.82) is 0 Å². The Bertz CT molecular complexity index is 234. The van der Waals surface area contributed by atoms with Crippen LogP contribution in [0.15, 0.2) is 0 Å². The number of ether oxygens (including phenoxy) is 1. The number of carbonyl (C=O) groups is 1. The van der Waals surface area contributed by atoms with Gasteiger partial charge in [0, 0.05) is 13.0 Å². The Balaban J connectivity index is 2.17. The Morgan fingerprint density at radius 1 is 1.50 bits per heavy atom. The summed E-state index contributed by atoms with van der Waals surface area (Å²) in [7, 11) is 0. The van der Waals surface area contributed by atoms with Gasteiger partial charge in [0.15, 0.2) is 0 Å². The molecule has 0 bridgehead atoms. The standard InChI is InChI=1S/C12H23NO3/c1-4-16-10-5-9(6-10)7-11(15)13-12(2,3)8-14/h9-10,14H,4-8H2,1-3H3,(H,13,15). The monoisotopic (exact) mass is 229 g/mol. The van der Waals surface area contributed by atoms with Gasteiger partial charge in [-0.15, -0.1) is 0 Å². The van der Waals surface area contributed by atoms with Crippen molar-refractivity contribution in [3.05, 3.63) is 0 Å². The summed E-state index contributed by atoms with van der Waals surface area (Å²) in [6.45, 7) is 6.33. The minimum absolute atomic E-state index is 0.0269. The molecule has 2 N–H and O–H groups in total. The third-order valence-electron chi connectivity index (χ3n) is 2.94. The summed E-state index contributed by atoms with van der Waals surface area (Å²) >= 11 is 0. The number of hydrogen-bond acceptors (Lipinski definition) is 3. The number of aliphatic hydroxyl groups excluding tert-OH is 1. The third kappa shape index (κ3) is 4.10. The molecule has 94 valence electrons. The van der Waals surface area contributed by atoms with E-state index < -0.39 is 5.54 Å². The van der Waals surface area contributed by atoms with Crippen molar-refractivity contribution < 1.29 is 14.6 Å². The lowest BCUT2D eigenvalue weighted by Gasteiger charge is -2.35. The molecule has 4 nitrogen and oxygen atoms in total. The summed E-state index contributed by atoms with van der Waals surface area (Å²) in [6, 6.07) is 0. The lowest BCUT2D eigenvalue weighted by molar-refractivity contribution is -0.126. The van der Waals surface area contributed by atoms with E-state index >= 15 is 0 Å². The zero-order chi connectivity index (χ0) is 12.2. The summed E-state index contributed by atoms with van der Waals surface area (Å²) < 4.78 is 5.44. The highest BCUT2D eigenvalue weighted by Crippen LogP contribution is 2.32. The van der Waals surface area contributed by atoms with E-state index in [2.05, 4.69) is 5.32 Å². The Hall–Kier alpha value is -0.610. The normalized spacial score (nSPS) is 25.0. The van der Waals surface area contributed by atoms with Gasteiger partial charge in [0.25, 0.3) is 0 Å². The van der Waals surface area contributed by atoms with Gasteiger partial charge in [0.05, 0.1) is 18.2 Å². The zero-order valence-corrected chi connectivity index (χ0v) is 10.5. The Kier molecular flexibility index (Phi) is 4.74. The van der Waals surface area contributed by atoms with Gasteiger partial charge < -0.3 is 15.2 Å². The Labute approximate surface area is 97.4 Å². The number of carbonyl (C=O) groups excluding carboxylic acids is 1. The van der Waals surface area contributed by atoms with Crippen molar-refractivity contribution >= 4 is 5.91 Å². The molecule has 0 radical (unpaired) electrons. The lowest BCUT2D eigenvalue weighted by Crippen LogP contribution is -2.47. The molecule has 0 aromatic carbocycles. The second-order valence-corrected chi connectivity index (χ2v) is 5.21. The van der Waals surface area contributed by atoms with Gasteiger partial charge in [-0.3, -0.25) is 4.79 Å². The van der Waals surface area contributed by atoms with E-state index in [4.69, 9.17) is 9.84 Å². The molecule has 1 saturated carbocycles. The number of nitrogens with one attached hydrogen (secondary N) is 1. The molecule has 16 heavy (non-hydrogen) atoms. The molecule has 1 fully saturated rings. The van der Waals surface area contributed by atoms with Crippen LogP contribution in [-0.4, -0.2) is 35.9 Å². The maximum absolute atomic E-state index is 11.6. The van der Waals surface area contributed by atoms with Crippen molar-refractivity contribution in [2.45, 2.75) is 51.7 Å². The molecule has 0 unspecified atom stereocenters. The van der Waals surface area contributed by atoms with Crippen molar-refractivity contribution in [2.24, 2.45) is 5.92 Å². The van der Waals surface area contributed by atoms with E-state index in [9.17, 15) is 4.79 Å². The van der Waals surface area contributed by atoms with Gasteiger partial charge in [-0.1, -0.05) is 0 Å². The maximum atomic E-state index is 11.6. The predicted molar refractivity (Wildman–Crippen MR) is 62.1 cm³/mol. The van der Waals surface area contributed by atoms with Crippen LogP contribution in [0.3, 0.4) is 0 Å². The van der Waals surface area contributed by atoms with Gasteiger partial charge in [-0.25, -0.2) is 0 Å². The molecule has 0 spiro atoms. The quantitative estimate of drug-likeness (QED) is 0.716. The van der Waals surface area contributed by atoms with Crippen LogP contribution in [0.25, 0.3) is 0 Å². The minimum atomic E-state index is -0.514. The average molecular weight is 229 g/mol. The molecule has 0 aromatic rings. The molecule has 1 amide bonds. The first kappa shape index (κ1) is 13.5. The predicted octanol–water partition coefficient (Wildman–Crippen LogP) is 1.08. The highest BCUT2D eigenvalue weighted by Gasteiger charge is 2.32. The Morgan fingerprint density at radius 3 is 2.62 bits per heavy atom. The topological polar surface area (TPSA) is 58.6 Å². The summed E-state index contributed by atoms with van der Waals surface area (Å²) in [6.07, 6.45) is 2.88. The van der Waals surface area contributed by atoms with Crippen LogP contribution in [0, 0.1) is 5.92 Å². The first-order valence-electron chi connectivity index (χ1n) is 6.00. The largest absolute Gasteiger partial charge is 0.394 e. The fourth-order valence-electron chi connectivity index (χ4n) is 1.94. The Morgan fingerprint density at radius 2 is 2.12 bits per heavy atom. The minimum Gasteiger partial charge on any atom is -0.394 e. The van der Waals surface area contributed by atoms with Crippen molar-refractivity contribution in [2.75, 3.05) is 13.2 Å². The fourth-order valence-corrected chi connectivity index (χ4v) is 1.94. The molecule has 0 heterocycles. The van der Waals surface area contributed by atoms with E-state index in [1.807, 2.05) is 20.8 Å². The van der Waals surface area contributed by atoms with Crippen LogP contribution in [-0.2, 0) is 9.53 Å². The molecule has 0 aliphatic heterocycles. The summed E-state index contributed by atoms with van der Waals surface area (Å²) in [4.78, 5) is 11.6. The molecular formula is C12H23NO3. The van der Waals surface area contributed by atoms with Crippen LogP contribution < -0.4 is 5.32 Å². The molecular weight excluding hydrogens is 206 g/mol. The molecule has 0 saturated heterocycles.